The van der Waals surface area contributed by atoms with Crippen LogP contribution in [0.1, 0.15) is 0 Å². The normalized spacial score (nSPS) is 25.9. The molecule has 3 aliphatic heterocycles. The SMILES string of the molecule is CSC1=NC2=C[NH+]([O-])C3=CN(S(C)(=O)=O)N(C)N3C2=N1. The number of hydroxylamine groups is 2. The molecule has 20 heavy (non-hydrogen) atoms. The Bertz CT molecular complexity index is 694. The first-order valence-electron chi connectivity index (χ1n) is 5.55. The lowest BCUT2D eigenvalue weighted by molar-refractivity contribution is -0.760. The number of fused-ring (bicyclic) bond motifs is 3. The van der Waals surface area contributed by atoms with E-state index in [2.05, 4.69) is 9.98 Å². The van der Waals surface area contributed by atoms with E-state index in [0.717, 1.165) is 10.7 Å². The highest BCUT2D eigenvalue weighted by atomic mass is 32.2. The lowest BCUT2D eigenvalue weighted by atomic mass is 10.3. The van der Waals surface area contributed by atoms with Gasteiger partial charge in [0, 0.05) is 7.05 Å². The molecule has 1 N–H and O–H groups in total. The Morgan fingerprint density at radius 3 is 2.70 bits per heavy atom. The molecule has 0 aromatic rings. The third-order valence-electron chi connectivity index (χ3n) is 2.93. The molecule has 0 bridgehead atoms. The van der Waals surface area contributed by atoms with Crippen LogP contribution in [0.25, 0.3) is 0 Å². The Labute approximate surface area is 120 Å². The third kappa shape index (κ3) is 1.86. The van der Waals surface area contributed by atoms with Crippen LogP contribution in [-0.2, 0) is 10.0 Å². The number of hydrogen-bond donors (Lipinski definition) is 1. The second-order valence-electron chi connectivity index (χ2n) is 4.28. The van der Waals surface area contributed by atoms with E-state index in [1.165, 1.54) is 34.3 Å². The van der Waals surface area contributed by atoms with Gasteiger partial charge in [0.1, 0.15) is 12.4 Å². The predicted molar refractivity (Wildman–Crippen MR) is 75.2 cm³/mol. The Kier molecular flexibility index (Phi) is 2.92. The Morgan fingerprint density at radius 2 is 2.10 bits per heavy atom. The minimum absolute atomic E-state index is 0.234. The zero-order valence-corrected chi connectivity index (χ0v) is 12.6. The number of quaternary nitrogens is 1. The van der Waals surface area contributed by atoms with Gasteiger partial charge < -0.3 is 5.21 Å². The predicted octanol–water partition coefficient (Wildman–Crippen LogP) is -1.51. The van der Waals surface area contributed by atoms with E-state index in [9.17, 15) is 13.6 Å². The fraction of sp³-hybridized carbons (Fsp3) is 0.333. The molecule has 1 unspecified atom stereocenters. The molecule has 11 heteroatoms. The summed E-state index contributed by atoms with van der Waals surface area (Å²) in [5.74, 6) is 0.687. The average molecular weight is 316 g/mol. The molecule has 0 aromatic heterocycles. The van der Waals surface area contributed by atoms with Crippen molar-refractivity contribution in [3.63, 3.8) is 0 Å². The van der Waals surface area contributed by atoms with E-state index in [1.54, 1.807) is 7.05 Å². The molecule has 1 atom stereocenters. The van der Waals surface area contributed by atoms with Crippen LogP contribution in [0.4, 0.5) is 0 Å². The quantitative estimate of drug-likeness (QED) is 0.591. The number of hydrazine groups is 2. The van der Waals surface area contributed by atoms with Gasteiger partial charge in [0.25, 0.3) is 0 Å². The van der Waals surface area contributed by atoms with Crippen molar-refractivity contribution in [2.24, 2.45) is 9.98 Å². The van der Waals surface area contributed by atoms with Gasteiger partial charge in [-0.25, -0.2) is 18.4 Å². The number of nitrogens with one attached hydrogen (secondary N) is 1. The number of amidine groups is 2. The minimum atomic E-state index is -3.51. The highest BCUT2D eigenvalue weighted by Crippen LogP contribution is 2.28. The molecular formula is C9H12N6O3S2. The first-order valence-corrected chi connectivity index (χ1v) is 8.63. The van der Waals surface area contributed by atoms with Gasteiger partial charge in [-0.1, -0.05) is 11.8 Å². The molecule has 108 valence electrons. The fourth-order valence-electron chi connectivity index (χ4n) is 2.08. The van der Waals surface area contributed by atoms with Gasteiger partial charge in [0.05, 0.1) is 6.26 Å². The summed E-state index contributed by atoms with van der Waals surface area (Å²) in [5.41, 5.74) is 0.443. The van der Waals surface area contributed by atoms with Crippen molar-refractivity contribution in [2.75, 3.05) is 19.6 Å². The van der Waals surface area contributed by atoms with Crippen molar-refractivity contribution in [1.82, 2.24) is 14.5 Å². The monoisotopic (exact) mass is 316 g/mol. The zero-order valence-electron chi connectivity index (χ0n) is 10.9. The van der Waals surface area contributed by atoms with E-state index in [0.29, 0.717) is 16.7 Å². The largest absolute Gasteiger partial charge is 0.623 e. The Hall–Kier alpha value is -1.40. The molecule has 3 heterocycles. The van der Waals surface area contributed by atoms with Crippen LogP contribution in [0.3, 0.4) is 0 Å². The van der Waals surface area contributed by atoms with Crippen molar-refractivity contribution in [1.29, 1.82) is 0 Å². The lowest BCUT2D eigenvalue weighted by Crippen LogP contribution is -3.03. The summed E-state index contributed by atoms with van der Waals surface area (Å²) < 4.78 is 24.4. The molecule has 9 nitrogen and oxygen atoms in total. The zero-order chi connectivity index (χ0) is 14.7. The van der Waals surface area contributed by atoms with Crippen molar-refractivity contribution in [3.8, 4) is 0 Å². The van der Waals surface area contributed by atoms with Crippen LogP contribution in [0.15, 0.2) is 33.9 Å². The molecular weight excluding hydrogens is 304 g/mol. The van der Waals surface area contributed by atoms with Crippen LogP contribution in [0, 0.1) is 5.21 Å². The number of rotatable bonds is 1. The van der Waals surface area contributed by atoms with Gasteiger partial charge in [0.15, 0.2) is 16.7 Å². The second kappa shape index (κ2) is 4.30. The summed E-state index contributed by atoms with van der Waals surface area (Å²) in [5, 5.41) is 15.1. The second-order valence-corrected chi connectivity index (χ2v) is 6.89. The number of nitrogens with zero attached hydrogens (tertiary/aromatic N) is 5. The van der Waals surface area contributed by atoms with Crippen LogP contribution >= 0.6 is 11.8 Å². The standard InChI is InChI=1S/C9H12N6O3S2/c1-12-14(20(3,17)18)5-7-13(16)4-6-8(15(7)12)11-9(10-6)19-2/h4-5,13H,1-3H3. The molecule has 0 fully saturated rings. The summed E-state index contributed by atoms with van der Waals surface area (Å²) >= 11 is 1.36. The fourth-order valence-corrected chi connectivity index (χ4v) is 3.25. The van der Waals surface area contributed by atoms with Gasteiger partial charge in [-0.15, -0.1) is 5.12 Å². The first kappa shape index (κ1) is 13.6. The smallest absolute Gasteiger partial charge is 0.248 e. The van der Waals surface area contributed by atoms with Gasteiger partial charge in [-0.05, 0) is 6.26 Å². The maximum absolute atomic E-state index is 12.1. The van der Waals surface area contributed by atoms with Crippen LogP contribution in [0.2, 0.25) is 0 Å². The van der Waals surface area contributed by atoms with Crippen molar-refractivity contribution in [3.05, 3.63) is 29.1 Å². The number of aliphatic imine (C=N–C) groups is 2. The summed E-state index contributed by atoms with van der Waals surface area (Å²) in [6.07, 6.45) is 5.54. The lowest BCUT2D eigenvalue weighted by Gasteiger charge is -2.35. The first-order chi connectivity index (χ1) is 9.32. The van der Waals surface area contributed by atoms with E-state index < -0.39 is 10.0 Å². The average Bonchev–Trinajstić information content (AvgIpc) is 2.89. The van der Waals surface area contributed by atoms with Gasteiger partial charge in [-0.3, -0.25) is 5.06 Å². The van der Waals surface area contributed by atoms with Gasteiger partial charge in [-0.2, -0.15) is 9.42 Å². The third-order valence-corrected chi connectivity index (χ3v) is 4.49. The summed E-state index contributed by atoms with van der Waals surface area (Å²) in [6, 6.07) is 0. The van der Waals surface area contributed by atoms with Gasteiger partial charge in [0.2, 0.25) is 15.8 Å². The maximum Gasteiger partial charge on any atom is 0.248 e. The highest BCUT2D eigenvalue weighted by molar-refractivity contribution is 8.13. The Balaban J connectivity index is 2.07. The maximum atomic E-state index is 12.1. The summed E-state index contributed by atoms with van der Waals surface area (Å²) in [7, 11) is -1.97. The van der Waals surface area contributed by atoms with E-state index >= 15 is 0 Å². The van der Waals surface area contributed by atoms with Crippen molar-refractivity contribution in [2.45, 2.75) is 0 Å². The minimum Gasteiger partial charge on any atom is -0.623 e. The van der Waals surface area contributed by atoms with Crippen molar-refractivity contribution < 1.29 is 13.5 Å². The van der Waals surface area contributed by atoms with E-state index in [-0.39, 0.29) is 10.9 Å². The Morgan fingerprint density at radius 1 is 1.40 bits per heavy atom. The van der Waals surface area contributed by atoms with Crippen LogP contribution in [-0.4, -0.2) is 53.5 Å². The molecule has 0 saturated carbocycles. The topological polar surface area (TPSA) is 96.1 Å². The van der Waals surface area contributed by atoms with Gasteiger partial charge >= 0.3 is 0 Å². The molecule has 0 aliphatic carbocycles. The van der Waals surface area contributed by atoms with Crippen LogP contribution < -0.4 is 5.06 Å². The molecule has 3 aliphatic rings. The molecule has 0 spiro atoms. The summed E-state index contributed by atoms with van der Waals surface area (Å²) in [4.78, 5) is 8.52. The molecule has 0 radical (unpaired) electrons. The number of hydrogen-bond acceptors (Lipinski definition) is 8. The molecule has 0 aromatic carbocycles. The summed E-state index contributed by atoms with van der Waals surface area (Å²) in [6.45, 7) is 0. The molecule has 0 amide bonds. The van der Waals surface area contributed by atoms with E-state index in [4.69, 9.17) is 0 Å². The van der Waals surface area contributed by atoms with E-state index in [1.807, 2.05) is 6.26 Å². The highest BCUT2D eigenvalue weighted by Gasteiger charge is 2.44. The number of thioether (sulfide) groups is 1. The molecule has 0 saturated heterocycles. The van der Waals surface area contributed by atoms with Crippen molar-refractivity contribution >= 4 is 32.8 Å². The molecule has 3 rings (SSSR count). The van der Waals surface area contributed by atoms with Crippen LogP contribution in [0.5, 0.6) is 0 Å². The number of sulfonamides is 1.